The van der Waals surface area contributed by atoms with E-state index < -0.39 is 5.97 Å². The Morgan fingerprint density at radius 2 is 1.89 bits per heavy atom. The molecule has 0 unspecified atom stereocenters. The molecule has 4 heteroatoms. The number of carbonyl (C=O) groups is 2. The van der Waals surface area contributed by atoms with Crippen molar-refractivity contribution in [3.05, 3.63) is 0 Å². The summed E-state index contributed by atoms with van der Waals surface area (Å²) in [7, 11) is 0. The minimum absolute atomic E-state index is 0. The fourth-order valence-corrected chi connectivity index (χ4v) is 0.283. The predicted molar refractivity (Wildman–Crippen MR) is 28.7 cm³/mol. The van der Waals surface area contributed by atoms with Gasteiger partial charge in [0, 0.05) is 6.42 Å². The standard InChI is InChI=1S/C5H8O3.Rb.H/c1-4(6)2-3-5(7)8;;/h2-3H2,1H3,(H,7,8);;/q;+1;-1. The number of ketones is 1. The van der Waals surface area contributed by atoms with Gasteiger partial charge in [0.05, 0.1) is 6.42 Å². The molecule has 0 atom stereocenters. The van der Waals surface area contributed by atoms with Crippen LogP contribution in [-0.4, -0.2) is 16.9 Å². The van der Waals surface area contributed by atoms with E-state index in [1.165, 1.54) is 6.92 Å². The summed E-state index contributed by atoms with van der Waals surface area (Å²) in [5, 5.41) is 8.01. The van der Waals surface area contributed by atoms with Crippen LogP contribution in [0, 0.1) is 0 Å². The first-order valence-electron chi connectivity index (χ1n) is 2.34. The summed E-state index contributed by atoms with van der Waals surface area (Å²) in [6, 6.07) is 0. The quantitative estimate of drug-likeness (QED) is 0.553. The molecule has 0 saturated heterocycles. The summed E-state index contributed by atoms with van der Waals surface area (Å²) < 4.78 is 0. The third-order valence-corrected chi connectivity index (χ3v) is 0.691. The second kappa shape index (κ2) is 7.06. The van der Waals surface area contributed by atoms with Crippen LogP contribution in [0.4, 0.5) is 0 Å². The maximum absolute atomic E-state index is 10.1. The molecule has 0 saturated carbocycles. The number of carbonyl (C=O) groups excluding carboxylic acids is 1. The summed E-state index contributed by atoms with van der Waals surface area (Å²) in [6.45, 7) is 1.38. The Balaban J connectivity index is -0.000000245. The molecule has 1 N–H and O–H groups in total. The third-order valence-electron chi connectivity index (χ3n) is 0.691. The molecule has 0 aliphatic rings. The van der Waals surface area contributed by atoms with Gasteiger partial charge >= 0.3 is 64.2 Å². The second-order valence-corrected chi connectivity index (χ2v) is 1.60. The maximum Gasteiger partial charge on any atom is 1.00 e. The van der Waals surface area contributed by atoms with Crippen molar-refractivity contribution < 1.29 is 74.3 Å². The summed E-state index contributed by atoms with van der Waals surface area (Å²) >= 11 is 0. The zero-order chi connectivity index (χ0) is 6.57. The minimum Gasteiger partial charge on any atom is -1.00 e. The normalized spacial score (nSPS) is 7.67. The zero-order valence-corrected chi connectivity index (χ0v) is 10.6. The van der Waals surface area contributed by atoms with Gasteiger partial charge in [-0.15, -0.1) is 0 Å². The van der Waals surface area contributed by atoms with Crippen molar-refractivity contribution in [3.8, 4) is 0 Å². The van der Waals surface area contributed by atoms with Gasteiger partial charge < -0.3 is 11.3 Å². The number of hydrogen-bond donors (Lipinski definition) is 1. The smallest absolute Gasteiger partial charge is 1.00 e. The van der Waals surface area contributed by atoms with E-state index in [0.29, 0.717) is 0 Å². The molecule has 9 heavy (non-hydrogen) atoms. The molecule has 3 nitrogen and oxygen atoms in total. The van der Waals surface area contributed by atoms with Crippen molar-refractivity contribution in [2.45, 2.75) is 19.8 Å². The third kappa shape index (κ3) is 12.2. The van der Waals surface area contributed by atoms with Crippen molar-refractivity contribution in [2.24, 2.45) is 0 Å². The van der Waals surface area contributed by atoms with Crippen LogP contribution < -0.4 is 58.2 Å². The molecule has 0 aromatic rings. The van der Waals surface area contributed by atoms with E-state index in [4.69, 9.17) is 5.11 Å². The molecule has 0 amide bonds. The first-order valence-corrected chi connectivity index (χ1v) is 2.34. The van der Waals surface area contributed by atoms with E-state index in [0.717, 1.165) is 0 Å². The Labute approximate surface area is 104 Å². The van der Waals surface area contributed by atoms with Crippen molar-refractivity contribution in [1.82, 2.24) is 0 Å². The van der Waals surface area contributed by atoms with Crippen LogP contribution in [0.3, 0.4) is 0 Å². The summed E-state index contributed by atoms with van der Waals surface area (Å²) in [5.74, 6) is -0.993. The van der Waals surface area contributed by atoms with Crippen LogP contribution in [0.1, 0.15) is 21.2 Å². The molecule has 48 valence electrons. The van der Waals surface area contributed by atoms with Crippen molar-refractivity contribution in [2.75, 3.05) is 0 Å². The molecule has 0 radical (unpaired) electrons. The van der Waals surface area contributed by atoms with Gasteiger partial charge in [0.25, 0.3) is 0 Å². The van der Waals surface area contributed by atoms with Gasteiger partial charge in [-0.1, -0.05) is 0 Å². The minimum atomic E-state index is -0.916. The number of Topliss-reactive ketones (excluding diaryl/α,β-unsaturated/α-hetero) is 1. The molecule has 0 aliphatic heterocycles. The first-order chi connectivity index (χ1) is 3.63. The molecule has 0 heterocycles. The molecule has 0 aliphatic carbocycles. The fourth-order valence-electron chi connectivity index (χ4n) is 0.283. The van der Waals surface area contributed by atoms with E-state index >= 15 is 0 Å². The van der Waals surface area contributed by atoms with Crippen molar-refractivity contribution in [3.63, 3.8) is 0 Å². The van der Waals surface area contributed by atoms with Gasteiger partial charge in [-0.25, -0.2) is 0 Å². The van der Waals surface area contributed by atoms with Crippen LogP contribution >= 0.6 is 0 Å². The molecule has 0 rings (SSSR count). The van der Waals surface area contributed by atoms with Gasteiger partial charge in [0.15, 0.2) is 0 Å². The van der Waals surface area contributed by atoms with Crippen LogP contribution in [0.25, 0.3) is 0 Å². The van der Waals surface area contributed by atoms with Crippen LogP contribution in [0.2, 0.25) is 0 Å². The largest absolute Gasteiger partial charge is 1.00 e. The van der Waals surface area contributed by atoms with Crippen LogP contribution in [0.5, 0.6) is 0 Å². The fraction of sp³-hybridized carbons (Fsp3) is 0.600. The molecule has 0 fully saturated rings. The van der Waals surface area contributed by atoms with E-state index in [1.807, 2.05) is 0 Å². The molecule has 0 aromatic heterocycles. The second-order valence-electron chi connectivity index (χ2n) is 1.60. The Morgan fingerprint density at radius 3 is 2.00 bits per heavy atom. The monoisotopic (exact) mass is 202 g/mol. The van der Waals surface area contributed by atoms with E-state index in [1.54, 1.807) is 0 Å². The Hall–Kier alpha value is 0.945. The number of rotatable bonds is 3. The predicted octanol–water partition coefficient (Wildman–Crippen LogP) is -2.44. The summed E-state index contributed by atoms with van der Waals surface area (Å²) in [4.78, 5) is 19.8. The number of carboxylic acids is 1. The van der Waals surface area contributed by atoms with Crippen molar-refractivity contribution in [1.29, 1.82) is 0 Å². The van der Waals surface area contributed by atoms with E-state index in [-0.39, 0.29) is 78.2 Å². The Kier molecular flexibility index (Phi) is 9.88. The molecular formula is C5H9O3Rb. The van der Waals surface area contributed by atoms with E-state index in [9.17, 15) is 9.59 Å². The Bertz CT molecular complexity index is 101. The summed E-state index contributed by atoms with van der Waals surface area (Å²) in [6.07, 6.45) is 0.102. The Morgan fingerprint density at radius 1 is 1.44 bits per heavy atom. The van der Waals surface area contributed by atoms with Gasteiger partial charge in [0.2, 0.25) is 0 Å². The number of carboxylic acid groups (broad SMARTS) is 1. The van der Waals surface area contributed by atoms with Gasteiger partial charge in [-0.3, -0.25) is 4.79 Å². The first kappa shape index (κ1) is 12.6. The topological polar surface area (TPSA) is 54.4 Å². The SMILES string of the molecule is CC(=O)CCC(=O)O.[H-].[Rb+]. The van der Waals surface area contributed by atoms with Gasteiger partial charge in [-0.05, 0) is 6.92 Å². The van der Waals surface area contributed by atoms with Gasteiger partial charge in [0.1, 0.15) is 5.78 Å². The molecular weight excluding hydrogens is 194 g/mol. The zero-order valence-electron chi connectivity index (χ0n) is 6.68. The molecule has 0 spiro atoms. The van der Waals surface area contributed by atoms with E-state index in [2.05, 4.69) is 0 Å². The van der Waals surface area contributed by atoms with Crippen molar-refractivity contribution >= 4 is 11.8 Å². The van der Waals surface area contributed by atoms with Crippen LogP contribution in [0.15, 0.2) is 0 Å². The number of aliphatic carboxylic acids is 1. The summed E-state index contributed by atoms with van der Waals surface area (Å²) in [5.41, 5.74) is 0. The molecule has 0 bridgehead atoms. The number of hydrogen-bond acceptors (Lipinski definition) is 2. The average molecular weight is 203 g/mol. The molecule has 0 aromatic carbocycles. The van der Waals surface area contributed by atoms with Crippen LogP contribution in [-0.2, 0) is 9.59 Å². The average Bonchev–Trinajstić information content (AvgIpc) is 1.61. The van der Waals surface area contributed by atoms with Gasteiger partial charge in [-0.2, -0.15) is 0 Å². The maximum atomic E-state index is 10.1.